The molecular formula is C34H37ClF3N5O6S3. The standard InChI is InChI=1S/C33H34ClF3N5O3S2.CH4O3S/c1-33(2,22-6-11-28(36)30(16-22)45-4)31-19-38-32(42(31)24-9-7-23(35)8-10-24)46-20-26-27(34)17-25(18-29(26)37)47(43,44)39-12-5-13-41-15-14-40(3)21-41;1-5(2,3)4/h6-11,14-19,21,39H,5,12-13,20H2,1-4H3;1H3,(H,2,3,4)/q+1;/p-1. The van der Waals surface area contributed by atoms with Crippen molar-refractivity contribution in [2.45, 2.75) is 48.0 Å². The van der Waals surface area contributed by atoms with E-state index in [-0.39, 0.29) is 33.5 Å². The summed E-state index contributed by atoms with van der Waals surface area (Å²) >= 11 is 7.64. The SMILES string of the molecule is COc1cc(C(C)(C)c2cnc(SCc3c(F)cc(S(=O)(=O)NCCCn4cc[n+](C)c4)cc3Cl)n2-c2ccc(F)cc2)ccc1F.CS(=O)(=O)[O-]. The maximum absolute atomic E-state index is 15.4. The molecule has 2 aromatic heterocycles. The molecule has 5 aromatic rings. The minimum atomic E-state index is -4.01. The van der Waals surface area contributed by atoms with Crippen LogP contribution in [0.1, 0.15) is 37.1 Å². The maximum Gasteiger partial charge on any atom is 0.243 e. The fraction of sp³-hybridized carbons (Fsp3) is 0.294. The first-order valence-electron chi connectivity index (χ1n) is 15.5. The van der Waals surface area contributed by atoms with Crippen LogP contribution in [0.3, 0.4) is 0 Å². The highest BCUT2D eigenvalue weighted by Gasteiger charge is 2.31. The summed E-state index contributed by atoms with van der Waals surface area (Å²) in [5.41, 5.74) is 1.42. The summed E-state index contributed by atoms with van der Waals surface area (Å²) in [7, 11) is -4.64. The van der Waals surface area contributed by atoms with Gasteiger partial charge >= 0.3 is 0 Å². The van der Waals surface area contributed by atoms with Gasteiger partial charge in [-0.1, -0.05) is 43.3 Å². The van der Waals surface area contributed by atoms with Gasteiger partial charge in [-0.2, -0.15) is 0 Å². The third kappa shape index (κ3) is 10.6. The molecule has 5 rings (SSSR count). The Morgan fingerprint density at radius 1 is 1.04 bits per heavy atom. The van der Waals surface area contributed by atoms with E-state index in [1.54, 1.807) is 30.5 Å². The van der Waals surface area contributed by atoms with Crippen molar-refractivity contribution in [1.82, 2.24) is 18.8 Å². The number of sulfonamides is 1. The van der Waals surface area contributed by atoms with Crippen LogP contribution in [-0.2, 0) is 44.9 Å². The summed E-state index contributed by atoms with van der Waals surface area (Å²) in [5, 5.41) is 0.412. The topological polar surface area (TPSA) is 139 Å². The second kappa shape index (κ2) is 16.9. The Morgan fingerprint density at radius 2 is 1.71 bits per heavy atom. The van der Waals surface area contributed by atoms with Gasteiger partial charge < -0.3 is 9.29 Å². The number of halogens is 4. The molecule has 0 aliphatic heterocycles. The van der Waals surface area contributed by atoms with E-state index in [9.17, 15) is 17.2 Å². The van der Waals surface area contributed by atoms with Crippen molar-refractivity contribution in [2.75, 3.05) is 19.9 Å². The van der Waals surface area contributed by atoms with Crippen LogP contribution in [-0.4, -0.2) is 55.4 Å². The first-order valence-corrected chi connectivity index (χ1v) is 20.2. The molecule has 0 aliphatic rings. The molecule has 0 saturated heterocycles. The molecule has 0 atom stereocenters. The Kier molecular flexibility index (Phi) is 13.3. The number of hydrogen-bond donors (Lipinski definition) is 1. The van der Waals surface area contributed by atoms with Gasteiger partial charge in [0.15, 0.2) is 16.7 Å². The summed E-state index contributed by atoms with van der Waals surface area (Å²) in [6.45, 7) is 4.65. The van der Waals surface area contributed by atoms with Gasteiger partial charge in [-0.15, -0.1) is 0 Å². The summed E-state index contributed by atoms with van der Waals surface area (Å²) in [6, 6.07) is 12.7. The van der Waals surface area contributed by atoms with Gasteiger partial charge in [0.25, 0.3) is 0 Å². The first kappa shape index (κ1) is 40.9. The fourth-order valence-electron chi connectivity index (χ4n) is 5.11. The number of nitrogens with zero attached hydrogens (tertiary/aromatic N) is 4. The predicted molar refractivity (Wildman–Crippen MR) is 191 cm³/mol. The number of hydrogen-bond acceptors (Lipinski definition) is 8. The number of aryl methyl sites for hydroxylation is 2. The van der Waals surface area contributed by atoms with Crippen LogP contribution in [0.25, 0.3) is 5.69 Å². The third-order valence-electron chi connectivity index (χ3n) is 7.81. The summed E-state index contributed by atoms with van der Waals surface area (Å²) in [4.78, 5) is 4.34. The first-order chi connectivity index (χ1) is 24.3. The molecule has 0 aliphatic carbocycles. The Morgan fingerprint density at radius 3 is 2.31 bits per heavy atom. The van der Waals surface area contributed by atoms with Crippen LogP contribution in [0.15, 0.2) is 89.6 Å². The van der Waals surface area contributed by atoms with Gasteiger partial charge in [0, 0.05) is 40.2 Å². The largest absolute Gasteiger partial charge is 0.748 e. The Hall–Kier alpha value is -3.87. The minimum Gasteiger partial charge on any atom is -0.748 e. The van der Waals surface area contributed by atoms with Gasteiger partial charge in [0.2, 0.25) is 16.4 Å². The molecule has 18 heteroatoms. The lowest BCUT2D eigenvalue weighted by Gasteiger charge is -2.28. The molecule has 0 radical (unpaired) electrons. The Balaban J connectivity index is 0.00000113. The zero-order valence-corrected chi connectivity index (χ0v) is 32.0. The fourth-order valence-corrected chi connectivity index (χ4v) is 7.67. The van der Waals surface area contributed by atoms with Crippen LogP contribution in [0, 0.1) is 17.5 Å². The molecule has 11 nitrogen and oxygen atoms in total. The summed E-state index contributed by atoms with van der Waals surface area (Å²) in [6.07, 6.45) is 8.46. The van der Waals surface area contributed by atoms with E-state index in [1.165, 1.54) is 43.1 Å². The molecule has 0 bridgehead atoms. The molecule has 52 heavy (non-hydrogen) atoms. The van der Waals surface area contributed by atoms with Crippen LogP contribution in [0.2, 0.25) is 5.02 Å². The monoisotopic (exact) mass is 799 g/mol. The zero-order valence-electron chi connectivity index (χ0n) is 28.8. The van der Waals surface area contributed by atoms with Crippen molar-refractivity contribution in [3.8, 4) is 11.4 Å². The summed E-state index contributed by atoms with van der Waals surface area (Å²) < 4.78 is 110. The van der Waals surface area contributed by atoms with E-state index in [0.29, 0.717) is 35.8 Å². The highest BCUT2D eigenvalue weighted by Crippen LogP contribution is 2.39. The maximum atomic E-state index is 15.4. The Bertz CT molecular complexity index is 2220. The summed E-state index contributed by atoms with van der Waals surface area (Å²) in [5.74, 6) is -1.57. The van der Waals surface area contributed by atoms with Gasteiger partial charge in [0.05, 0.1) is 47.6 Å². The molecule has 3 aromatic carbocycles. The quantitative estimate of drug-likeness (QED) is 0.0691. The van der Waals surface area contributed by atoms with E-state index in [2.05, 4.69) is 9.71 Å². The van der Waals surface area contributed by atoms with E-state index in [4.69, 9.17) is 29.3 Å². The molecule has 1 N–H and O–H groups in total. The molecule has 2 heterocycles. The lowest BCUT2D eigenvalue weighted by atomic mass is 9.81. The second-order valence-corrected chi connectivity index (χ2v) is 16.7. The molecule has 0 unspecified atom stereocenters. The van der Waals surface area contributed by atoms with Crippen LogP contribution in [0.4, 0.5) is 13.2 Å². The Labute approximate surface area is 310 Å². The average molecular weight is 800 g/mol. The van der Waals surface area contributed by atoms with Crippen molar-refractivity contribution in [1.29, 1.82) is 0 Å². The minimum absolute atomic E-state index is 0.0230. The van der Waals surface area contributed by atoms with Crippen molar-refractivity contribution in [3.05, 3.63) is 119 Å². The van der Waals surface area contributed by atoms with Gasteiger partial charge in [-0.3, -0.25) is 4.57 Å². The van der Waals surface area contributed by atoms with E-state index < -0.39 is 43.0 Å². The number of benzene rings is 3. The lowest BCUT2D eigenvalue weighted by molar-refractivity contribution is -0.671. The molecule has 280 valence electrons. The van der Waals surface area contributed by atoms with E-state index >= 15 is 4.39 Å². The molecule has 0 spiro atoms. The highest BCUT2D eigenvalue weighted by molar-refractivity contribution is 7.98. The molecular weight excluding hydrogens is 763 g/mol. The normalized spacial score (nSPS) is 12.0. The number of rotatable bonds is 13. The smallest absolute Gasteiger partial charge is 0.243 e. The number of ether oxygens (including phenoxy) is 1. The number of methoxy groups -OCH3 is 1. The van der Waals surface area contributed by atoms with Gasteiger partial charge in [-0.05, 0) is 60.5 Å². The van der Waals surface area contributed by atoms with Gasteiger partial charge in [0.1, 0.15) is 24.0 Å². The van der Waals surface area contributed by atoms with Crippen molar-refractivity contribution in [2.24, 2.45) is 7.05 Å². The van der Waals surface area contributed by atoms with Crippen molar-refractivity contribution < 1.29 is 43.9 Å². The molecule has 0 fully saturated rings. The van der Waals surface area contributed by atoms with Crippen LogP contribution in [0.5, 0.6) is 5.75 Å². The van der Waals surface area contributed by atoms with Crippen LogP contribution < -0.4 is 14.0 Å². The third-order valence-corrected chi connectivity index (χ3v) is 10.6. The van der Waals surface area contributed by atoms with Crippen molar-refractivity contribution >= 4 is 43.5 Å². The number of nitrogens with one attached hydrogen (secondary N) is 1. The van der Waals surface area contributed by atoms with Gasteiger partial charge in [-0.25, -0.2) is 48.8 Å². The molecule has 0 saturated carbocycles. The van der Waals surface area contributed by atoms with Crippen molar-refractivity contribution in [3.63, 3.8) is 0 Å². The van der Waals surface area contributed by atoms with E-state index in [1.807, 2.05) is 53.3 Å². The number of imidazole rings is 2. The lowest BCUT2D eigenvalue weighted by Crippen LogP contribution is -2.26. The number of aromatic nitrogens is 4. The predicted octanol–water partition coefficient (Wildman–Crippen LogP) is 5.73. The molecule has 0 amide bonds. The number of thioether (sulfide) groups is 1. The highest BCUT2D eigenvalue weighted by atomic mass is 35.5. The zero-order chi connectivity index (χ0) is 38.4. The van der Waals surface area contributed by atoms with E-state index in [0.717, 1.165) is 11.6 Å². The second-order valence-electron chi connectivity index (χ2n) is 12.1. The average Bonchev–Trinajstić information content (AvgIpc) is 3.68. The van der Waals surface area contributed by atoms with Crippen LogP contribution >= 0.6 is 23.4 Å².